The summed E-state index contributed by atoms with van der Waals surface area (Å²) in [6.07, 6.45) is 0. The molecule has 0 spiro atoms. The molecule has 0 aromatic heterocycles. The van der Waals surface area contributed by atoms with Crippen molar-refractivity contribution in [1.82, 2.24) is 0 Å². The van der Waals surface area contributed by atoms with Gasteiger partial charge in [0.2, 0.25) is 0 Å². The second kappa shape index (κ2) is 5.19. The molecule has 0 radical (unpaired) electrons. The van der Waals surface area contributed by atoms with Gasteiger partial charge in [-0.1, -0.05) is 0 Å². The SMILES string of the molecule is ClC(Cl)=C(Cl)c1ccccc1P(Cl)(Cl)(Cl)Cl. The molecule has 0 saturated heterocycles. The Kier molecular flexibility index (Phi) is 5.02. The van der Waals surface area contributed by atoms with E-state index in [4.69, 9.17) is 79.8 Å². The molecule has 0 bridgehead atoms. The Balaban J connectivity index is 3.51. The van der Waals surface area contributed by atoms with Crippen LogP contribution in [0.15, 0.2) is 28.8 Å². The predicted octanol–water partition coefficient (Wildman–Crippen LogP) is 6.82. The number of halogens is 7. The van der Waals surface area contributed by atoms with Gasteiger partial charge in [-0.15, -0.1) is 0 Å². The first-order valence-electron chi connectivity index (χ1n) is 3.79. The normalized spacial score (nSPS) is 14.1. The summed E-state index contributed by atoms with van der Waals surface area (Å²) in [6, 6.07) is 6.59. The minimum atomic E-state index is -4.00. The van der Waals surface area contributed by atoms with Crippen LogP contribution in [0.25, 0.3) is 5.03 Å². The second-order valence-corrected chi connectivity index (χ2v) is 17.3. The van der Waals surface area contributed by atoms with Gasteiger partial charge < -0.3 is 0 Å². The molecule has 0 amide bonds. The Bertz CT molecular complexity index is 432. The van der Waals surface area contributed by atoms with Gasteiger partial charge >= 0.3 is 128 Å². The molecule has 0 saturated carbocycles. The average molecular weight is 379 g/mol. The standard InChI is InChI=1S/C8H4Cl7P/c9-7(8(10)11)5-3-1-2-4-6(5)16(12,13,14)15/h1-4H. The fraction of sp³-hybridized carbons (Fsp3) is 0. The summed E-state index contributed by atoms with van der Waals surface area (Å²) < 4.78 is -4.12. The summed E-state index contributed by atoms with van der Waals surface area (Å²) in [4.78, 5) is 0. The fourth-order valence-electron chi connectivity index (χ4n) is 1.06. The van der Waals surface area contributed by atoms with Gasteiger partial charge in [0.05, 0.1) is 0 Å². The van der Waals surface area contributed by atoms with Crippen LogP contribution in [0, 0.1) is 0 Å². The summed E-state index contributed by atoms with van der Waals surface area (Å²) in [5.74, 6) is 0. The molecule has 0 aliphatic rings. The molecule has 0 N–H and O–H groups in total. The van der Waals surface area contributed by atoms with Crippen molar-refractivity contribution >= 4 is 94.1 Å². The van der Waals surface area contributed by atoms with Crippen LogP contribution in [0.4, 0.5) is 0 Å². The molecule has 0 heterocycles. The quantitative estimate of drug-likeness (QED) is 0.495. The number of hydrogen-bond donors (Lipinski definition) is 0. The molecule has 1 rings (SSSR count). The van der Waals surface area contributed by atoms with Gasteiger partial charge in [-0.2, -0.15) is 0 Å². The molecular formula is C8H4Cl7P. The van der Waals surface area contributed by atoms with E-state index in [1.54, 1.807) is 24.3 Å². The van der Waals surface area contributed by atoms with Gasteiger partial charge in [0.1, 0.15) is 0 Å². The van der Waals surface area contributed by atoms with E-state index in [0.717, 1.165) is 0 Å². The van der Waals surface area contributed by atoms with E-state index in [9.17, 15) is 0 Å². The van der Waals surface area contributed by atoms with Crippen LogP contribution in [-0.4, -0.2) is 0 Å². The van der Waals surface area contributed by atoms with Gasteiger partial charge in [0.15, 0.2) is 0 Å². The molecule has 0 unspecified atom stereocenters. The summed E-state index contributed by atoms with van der Waals surface area (Å²) in [6.45, 7) is 0. The molecule has 0 aliphatic heterocycles. The Labute approximate surface area is 127 Å². The number of benzene rings is 1. The van der Waals surface area contributed by atoms with E-state index in [2.05, 4.69) is 0 Å². The van der Waals surface area contributed by atoms with Crippen molar-refractivity contribution in [2.45, 2.75) is 0 Å². The molecule has 16 heavy (non-hydrogen) atoms. The van der Waals surface area contributed by atoms with Gasteiger partial charge in [-0.3, -0.25) is 0 Å². The Hall–Kier alpha value is 1.42. The number of rotatable bonds is 2. The van der Waals surface area contributed by atoms with Crippen LogP contribution >= 0.6 is 83.8 Å². The Morgan fingerprint density at radius 3 is 1.81 bits per heavy atom. The van der Waals surface area contributed by atoms with Gasteiger partial charge in [0.25, 0.3) is 0 Å². The van der Waals surface area contributed by atoms with Crippen molar-refractivity contribution in [3.63, 3.8) is 0 Å². The molecule has 1 aromatic rings. The zero-order chi connectivity index (χ0) is 12.6. The van der Waals surface area contributed by atoms with Crippen molar-refractivity contribution in [2.24, 2.45) is 0 Å². The Morgan fingerprint density at radius 1 is 0.875 bits per heavy atom. The first-order valence-corrected chi connectivity index (χ1v) is 10.8. The molecule has 0 fully saturated rings. The predicted molar refractivity (Wildman–Crippen MR) is 80.9 cm³/mol. The minimum absolute atomic E-state index is 0.0931. The van der Waals surface area contributed by atoms with E-state index in [0.29, 0.717) is 10.9 Å². The Morgan fingerprint density at radius 2 is 1.38 bits per heavy atom. The fourth-order valence-corrected chi connectivity index (χ4v) is 4.12. The molecule has 0 nitrogen and oxygen atoms in total. The first-order chi connectivity index (χ1) is 7.10. The molecule has 0 atom stereocenters. The average Bonchev–Trinajstić information content (AvgIpc) is 2.14. The van der Waals surface area contributed by atoms with E-state index < -0.39 is 4.01 Å². The zero-order valence-electron chi connectivity index (χ0n) is 7.40. The van der Waals surface area contributed by atoms with Gasteiger partial charge in [-0.05, 0) is 0 Å². The first kappa shape index (κ1) is 15.5. The van der Waals surface area contributed by atoms with E-state index in [1.807, 2.05) is 0 Å². The van der Waals surface area contributed by atoms with E-state index in [1.165, 1.54) is 0 Å². The van der Waals surface area contributed by atoms with Crippen LogP contribution in [0.5, 0.6) is 0 Å². The van der Waals surface area contributed by atoms with Crippen molar-refractivity contribution in [2.75, 3.05) is 0 Å². The van der Waals surface area contributed by atoms with Crippen LogP contribution < -0.4 is 5.30 Å². The van der Waals surface area contributed by atoms with Gasteiger partial charge in [-0.25, -0.2) is 0 Å². The molecular weight excluding hydrogens is 375 g/mol. The van der Waals surface area contributed by atoms with Crippen LogP contribution in [0.3, 0.4) is 0 Å². The molecule has 90 valence electrons. The molecule has 1 aromatic carbocycles. The summed E-state index contributed by atoms with van der Waals surface area (Å²) in [7, 11) is 0. The second-order valence-electron chi connectivity index (χ2n) is 2.81. The zero-order valence-corrected chi connectivity index (χ0v) is 13.6. The third-order valence-corrected chi connectivity index (χ3v) is 5.94. The van der Waals surface area contributed by atoms with Gasteiger partial charge in [0, 0.05) is 0 Å². The monoisotopic (exact) mass is 376 g/mol. The number of hydrogen-bond acceptors (Lipinski definition) is 0. The maximum atomic E-state index is 5.93. The summed E-state index contributed by atoms with van der Waals surface area (Å²) in [5, 5.41) is 0.402. The third kappa shape index (κ3) is 3.97. The van der Waals surface area contributed by atoms with Crippen LogP contribution in [-0.2, 0) is 0 Å². The molecule has 8 heteroatoms. The van der Waals surface area contributed by atoms with E-state index in [-0.39, 0.29) is 9.52 Å². The summed E-state index contributed by atoms with van der Waals surface area (Å²) >= 11 is 40.8. The van der Waals surface area contributed by atoms with Crippen LogP contribution in [0.2, 0.25) is 0 Å². The third-order valence-electron chi connectivity index (χ3n) is 1.67. The molecule has 0 aliphatic carbocycles. The van der Waals surface area contributed by atoms with Crippen molar-refractivity contribution in [3.8, 4) is 0 Å². The van der Waals surface area contributed by atoms with Crippen molar-refractivity contribution < 1.29 is 0 Å². The summed E-state index contributed by atoms with van der Waals surface area (Å²) in [5.41, 5.74) is 0.414. The van der Waals surface area contributed by atoms with E-state index >= 15 is 0 Å². The van der Waals surface area contributed by atoms with Crippen LogP contribution in [0.1, 0.15) is 5.56 Å². The van der Waals surface area contributed by atoms with Crippen molar-refractivity contribution in [3.05, 3.63) is 34.3 Å². The van der Waals surface area contributed by atoms with Crippen molar-refractivity contribution in [1.29, 1.82) is 0 Å². The topological polar surface area (TPSA) is 0 Å². The maximum absolute atomic E-state index is 5.93.